The summed E-state index contributed by atoms with van der Waals surface area (Å²) in [5.41, 5.74) is 1.01. The number of halogens is 1. The molecule has 1 aromatic heterocycles. The molecule has 0 bridgehead atoms. The molecule has 1 unspecified atom stereocenters. The fourth-order valence-corrected chi connectivity index (χ4v) is 1.44. The Kier molecular flexibility index (Phi) is 3.04. The third-order valence-electron chi connectivity index (χ3n) is 1.46. The summed E-state index contributed by atoms with van der Waals surface area (Å²) < 4.78 is 0.960. The molecule has 5 heteroatoms. The first kappa shape index (κ1) is 8.70. The summed E-state index contributed by atoms with van der Waals surface area (Å²) in [4.78, 5) is 4.51. The van der Waals surface area contributed by atoms with Crippen molar-refractivity contribution in [2.24, 2.45) is 5.90 Å². The fraction of sp³-hybridized carbons (Fsp3) is 0.500. The Hall–Kier alpha value is -0.390. The van der Waals surface area contributed by atoms with E-state index in [9.17, 15) is 0 Å². The average molecular weight is 220 g/mol. The molecule has 0 radical (unpaired) electrons. The minimum absolute atomic E-state index is 0.233. The molecule has 0 aromatic carbocycles. The van der Waals surface area contributed by atoms with Crippen LogP contribution in [0.25, 0.3) is 0 Å². The lowest BCUT2D eigenvalue weighted by molar-refractivity contribution is 0.125. The summed E-state index contributed by atoms with van der Waals surface area (Å²) >= 11 is 3.35. The smallest absolute Gasteiger partial charge is 0.0760 e. The molecule has 62 valence electrons. The zero-order valence-electron chi connectivity index (χ0n) is 6.17. The van der Waals surface area contributed by atoms with Crippen molar-refractivity contribution >= 4 is 15.9 Å². The Morgan fingerprint density at radius 1 is 1.91 bits per heavy atom. The van der Waals surface area contributed by atoms with Crippen molar-refractivity contribution in [2.75, 3.05) is 6.61 Å². The van der Waals surface area contributed by atoms with Crippen molar-refractivity contribution in [3.63, 3.8) is 0 Å². The van der Waals surface area contributed by atoms with Crippen LogP contribution in [0.5, 0.6) is 0 Å². The second-order valence-corrected chi connectivity index (χ2v) is 3.22. The Morgan fingerprint density at radius 3 is 3.09 bits per heavy atom. The first-order valence-electron chi connectivity index (χ1n) is 3.26. The third-order valence-corrected chi connectivity index (χ3v) is 2.09. The van der Waals surface area contributed by atoms with Crippen LogP contribution >= 0.6 is 15.9 Å². The van der Waals surface area contributed by atoms with Gasteiger partial charge in [-0.3, -0.25) is 5.10 Å². The van der Waals surface area contributed by atoms with Crippen LogP contribution in [-0.2, 0) is 4.84 Å². The largest absolute Gasteiger partial charge is 0.304 e. The lowest BCUT2D eigenvalue weighted by Crippen LogP contribution is -2.09. The number of aromatic amines is 1. The molecule has 1 aromatic rings. The minimum Gasteiger partial charge on any atom is -0.304 e. The number of aromatic nitrogens is 2. The van der Waals surface area contributed by atoms with E-state index in [-0.39, 0.29) is 5.92 Å². The molecule has 3 N–H and O–H groups in total. The highest BCUT2D eigenvalue weighted by Crippen LogP contribution is 2.21. The van der Waals surface area contributed by atoms with Gasteiger partial charge in [-0.25, -0.2) is 5.90 Å². The molecule has 4 nitrogen and oxygen atoms in total. The van der Waals surface area contributed by atoms with Gasteiger partial charge in [-0.2, -0.15) is 5.10 Å². The SMILES string of the molecule is CC(CON)c1[nH]ncc1Br. The summed E-state index contributed by atoms with van der Waals surface area (Å²) in [6.45, 7) is 2.49. The van der Waals surface area contributed by atoms with Crippen molar-refractivity contribution in [3.8, 4) is 0 Å². The molecule has 0 fully saturated rings. The average Bonchev–Trinajstić information content (AvgIpc) is 2.36. The van der Waals surface area contributed by atoms with Crippen molar-refractivity contribution < 1.29 is 4.84 Å². The van der Waals surface area contributed by atoms with Crippen molar-refractivity contribution in [1.29, 1.82) is 0 Å². The Balaban J connectivity index is 2.67. The maximum atomic E-state index is 4.94. The first-order valence-corrected chi connectivity index (χ1v) is 4.05. The van der Waals surface area contributed by atoms with E-state index in [1.54, 1.807) is 6.20 Å². The van der Waals surface area contributed by atoms with E-state index in [4.69, 9.17) is 5.90 Å². The molecule has 0 aliphatic rings. The highest BCUT2D eigenvalue weighted by Gasteiger charge is 2.10. The van der Waals surface area contributed by atoms with Crippen molar-refractivity contribution in [3.05, 3.63) is 16.4 Å². The van der Waals surface area contributed by atoms with Crippen LogP contribution in [0, 0.1) is 0 Å². The van der Waals surface area contributed by atoms with E-state index in [0.29, 0.717) is 6.61 Å². The van der Waals surface area contributed by atoms with E-state index in [0.717, 1.165) is 10.2 Å². The minimum atomic E-state index is 0.233. The third kappa shape index (κ3) is 2.02. The second-order valence-electron chi connectivity index (χ2n) is 2.37. The Morgan fingerprint density at radius 2 is 2.64 bits per heavy atom. The fourth-order valence-electron chi connectivity index (χ4n) is 0.855. The van der Waals surface area contributed by atoms with Crippen LogP contribution in [0.1, 0.15) is 18.5 Å². The topological polar surface area (TPSA) is 63.9 Å². The highest BCUT2D eigenvalue weighted by atomic mass is 79.9. The van der Waals surface area contributed by atoms with E-state index >= 15 is 0 Å². The Bertz CT molecular complexity index is 225. The van der Waals surface area contributed by atoms with Gasteiger partial charge >= 0.3 is 0 Å². The highest BCUT2D eigenvalue weighted by molar-refractivity contribution is 9.10. The van der Waals surface area contributed by atoms with Crippen LogP contribution < -0.4 is 5.90 Å². The van der Waals surface area contributed by atoms with Crippen molar-refractivity contribution in [1.82, 2.24) is 10.2 Å². The standard InChI is InChI=1S/C6H10BrN3O/c1-4(3-11-8)6-5(7)2-9-10-6/h2,4H,3,8H2,1H3,(H,9,10). The number of nitrogens with one attached hydrogen (secondary N) is 1. The van der Waals surface area contributed by atoms with E-state index in [1.165, 1.54) is 0 Å². The molecule has 0 saturated heterocycles. The van der Waals surface area contributed by atoms with Gasteiger partial charge in [0.2, 0.25) is 0 Å². The van der Waals surface area contributed by atoms with Crippen LogP contribution in [0.4, 0.5) is 0 Å². The zero-order chi connectivity index (χ0) is 8.27. The van der Waals surface area contributed by atoms with Crippen molar-refractivity contribution in [2.45, 2.75) is 12.8 Å². The molecular weight excluding hydrogens is 210 g/mol. The summed E-state index contributed by atoms with van der Waals surface area (Å²) in [5.74, 6) is 5.17. The Labute approximate surface area is 73.2 Å². The quantitative estimate of drug-likeness (QED) is 0.751. The first-order chi connectivity index (χ1) is 5.25. The van der Waals surface area contributed by atoms with Crippen LogP contribution in [0.2, 0.25) is 0 Å². The van der Waals surface area contributed by atoms with Gasteiger partial charge < -0.3 is 4.84 Å². The van der Waals surface area contributed by atoms with Gasteiger partial charge in [0.1, 0.15) is 0 Å². The molecule has 0 amide bonds. The number of hydrogen-bond donors (Lipinski definition) is 2. The zero-order valence-corrected chi connectivity index (χ0v) is 7.76. The molecule has 0 spiro atoms. The number of hydrogen-bond acceptors (Lipinski definition) is 3. The van der Waals surface area contributed by atoms with E-state index < -0.39 is 0 Å². The number of rotatable bonds is 3. The molecular formula is C6H10BrN3O. The second kappa shape index (κ2) is 3.85. The van der Waals surface area contributed by atoms with Gasteiger partial charge in [0, 0.05) is 5.92 Å². The van der Waals surface area contributed by atoms with E-state index in [2.05, 4.69) is 31.0 Å². The lowest BCUT2D eigenvalue weighted by atomic mass is 10.1. The summed E-state index contributed by atoms with van der Waals surface area (Å²) in [6.07, 6.45) is 1.71. The van der Waals surface area contributed by atoms with Gasteiger partial charge in [-0.1, -0.05) is 6.92 Å². The maximum absolute atomic E-state index is 4.94. The lowest BCUT2D eigenvalue weighted by Gasteiger charge is -2.06. The van der Waals surface area contributed by atoms with Gasteiger partial charge in [0.25, 0.3) is 0 Å². The molecule has 1 heterocycles. The predicted octanol–water partition coefficient (Wildman–Crippen LogP) is 1.17. The number of H-pyrrole nitrogens is 1. The summed E-state index contributed by atoms with van der Waals surface area (Å²) in [5, 5.41) is 6.71. The predicted molar refractivity (Wildman–Crippen MR) is 44.8 cm³/mol. The number of nitrogens with zero attached hydrogens (tertiary/aromatic N) is 1. The molecule has 0 saturated carbocycles. The molecule has 11 heavy (non-hydrogen) atoms. The summed E-state index contributed by atoms with van der Waals surface area (Å²) in [7, 11) is 0. The summed E-state index contributed by atoms with van der Waals surface area (Å²) in [6, 6.07) is 0. The normalized spacial score (nSPS) is 13.4. The van der Waals surface area contributed by atoms with Gasteiger partial charge in [-0.15, -0.1) is 0 Å². The molecule has 1 atom stereocenters. The molecule has 0 aliphatic heterocycles. The monoisotopic (exact) mass is 219 g/mol. The van der Waals surface area contributed by atoms with Gasteiger partial charge in [0.05, 0.1) is 23.0 Å². The van der Waals surface area contributed by atoms with E-state index in [1.807, 2.05) is 6.92 Å². The molecule has 0 aliphatic carbocycles. The van der Waals surface area contributed by atoms with Crippen LogP contribution in [-0.4, -0.2) is 16.8 Å². The van der Waals surface area contributed by atoms with Crippen LogP contribution in [0.3, 0.4) is 0 Å². The van der Waals surface area contributed by atoms with Gasteiger partial charge in [-0.05, 0) is 15.9 Å². The van der Waals surface area contributed by atoms with Gasteiger partial charge in [0.15, 0.2) is 0 Å². The van der Waals surface area contributed by atoms with Crippen LogP contribution in [0.15, 0.2) is 10.7 Å². The molecule has 1 rings (SSSR count). The number of nitrogens with two attached hydrogens (primary N) is 1. The maximum Gasteiger partial charge on any atom is 0.0760 e.